The van der Waals surface area contributed by atoms with E-state index in [1.54, 1.807) is 18.2 Å². The second-order valence-corrected chi connectivity index (χ2v) is 6.21. The summed E-state index contributed by atoms with van der Waals surface area (Å²) in [6.45, 7) is 0. The Morgan fingerprint density at radius 3 is 2.48 bits per heavy atom. The van der Waals surface area contributed by atoms with E-state index in [-0.39, 0.29) is 12.0 Å². The van der Waals surface area contributed by atoms with Crippen LogP contribution in [0.15, 0.2) is 30.3 Å². The molecule has 3 rings (SSSR count). The number of hydrogen-bond donors (Lipinski definition) is 3. The average Bonchev–Trinajstić information content (AvgIpc) is 2.65. The summed E-state index contributed by atoms with van der Waals surface area (Å²) in [5, 5.41) is 21.1. The first-order valence-electron chi connectivity index (χ1n) is 8.16. The van der Waals surface area contributed by atoms with Gasteiger partial charge in [0.25, 0.3) is 0 Å². The quantitative estimate of drug-likeness (QED) is 0.438. The van der Waals surface area contributed by atoms with Gasteiger partial charge < -0.3 is 25.0 Å². The molecule has 0 radical (unpaired) electrons. The highest BCUT2D eigenvalue weighted by Gasteiger charge is 2.57. The molecule has 2 heterocycles. The molecule has 3 N–H and O–H groups in total. The normalized spacial score (nSPS) is 27.9. The highest BCUT2D eigenvalue weighted by Crippen LogP contribution is 2.34. The number of fused-ring (bicyclic) bond motifs is 1. The smallest absolute Gasteiger partial charge is 0.354 e. The number of methoxy groups -OCH3 is 1. The number of rotatable bonds is 6. The zero-order valence-corrected chi connectivity index (χ0v) is 14.3. The van der Waals surface area contributed by atoms with Gasteiger partial charge in [0.1, 0.15) is 6.04 Å². The van der Waals surface area contributed by atoms with Crippen molar-refractivity contribution < 1.29 is 38.9 Å². The number of aliphatic carboxylic acids is 2. The van der Waals surface area contributed by atoms with E-state index < -0.39 is 54.3 Å². The van der Waals surface area contributed by atoms with Crippen molar-refractivity contribution in [3.05, 3.63) is 35.9 Å². The molecular formula is C17H18N2O8. The van der Waals surface area contributed by atoms with Crippen LogP contribution in [0, 0.1) is 0 Å². The Morgan fingerprint density at radius 1 is 1.26 bits per heavy atom. The molecule has 2 amide bonds. The van der Waals surface area contributed by atoms with Gasteiger partial charge in [0.2, 0.25) is 18.0 Å². The minimum Gasteiger partial charge on any atom is -0.480 e. The van der Waals surface area contributed by atoms with Crippen LogP contribution in [0.3, 0.4) is 0 Å². The molecule has 144 valence electrons. The number of ether oxygens (including phenoxy) is 2. The van der Waals surface area contributed by atoms with Crippen LogP contribution in [0.25, 0.3) is 0 Å². The first-order valence-corrected chi connectivity index (χ1v) is 8.16. The maximum Gasteiger partial charge on any atom is 0.354 e. The summed E-state index contributed by atoms with van der Waals surface area (Å²) >= 11 is 0. The van der Waals surface area contributed by atoms with E-state index in [2.05, 4.69) is 5.32 Å². The summed E-state index contributed by atoms with van der Waals surface area (Å²) < 4.78 is 10.2. The average molecular weight is 378 g/mol. The predicted octanol–water partition coefficient (Wildman–Crippen LogP) is -0.646. The lowest BCUT2D eigenvalue weighted by Crippen LogP contribution is -2.77. The van der Waals surface area contributed by atoms with Crippen LogP contribution in [-0.2, 0) is 28.7 Å². The second-order valence-electron chi connectivity index (χ2n) is 6.21. The van der Waals surface area contributed by atoms with Gasteiger partial charge in [-0.05, 0) is 5.56 Å². The Morgan fingerprint density at radius 2 is 1.93 bits per heavy atom. The van der Waals surface area contributed by atoms with E-state index in [1.165, 1.54) is 19.2 Å². The van der Waals surface area contributed by atoms with E-state index in [1.807, 2.05) is 0 Å². The van der Waals surface area contributed by atoms with Crippen LogP contribution in [0.1, 0.15) is 17.9 Å². The number of carboxylic acids is 2. The number of carbonyl (C=O) groups is 4. The van der Waals surface area contributed by atoms with Gasteiger partial charge in [0.05, 0.1) is 6.04 Å². The van der Waals surface area contributed by atoms with Crippen LogP contribution in [-0.4, -0.2) is 70.6 Å². The minimum atomic E-state index is -1.52. The molecule has 2 aliphatic heterocycles. The SMILES string of the molecule is COC1CC2C(NC(=O)C(C(=O)O)c3ccccc3)C(=O)N2C(C(=O)O)O1. The van der Waals surface area contributed by atoms with Crippen molar-refractivity contribution in [2.75, 3.05) is 7.11 Å². The minimum absolute atomic E-state index is 0.153. The lowest BCUT2D eigenvalue weighted by Gasteiger charge is -2.53. The molecule has 2 saturated heterocycles. The Labute approximate surface area is 153 Å². The number of nitrogens with zero attached hydrogens (tertiary/aromatic N) is 1. The fourth-order valence-electron chi connectivity index (χ4n) is 3.34. The van der Waals surface area contributed by atoms with E-state index in [0.29, 0.717) is 0 Å². The summed E-state index contributed by atoms with van der Waals surface area (Å²) in [7, 11) is 1.34. The van der Waals surface area contributed by atoms with Gasteiger partial charge >= 0.3 is 11.9 Å². The third kappa shape index (κ3) is 3.36. The van der Waals surface area contributed by atoms with Crippen LogP contribution >= 0.6 is 0 Å². The van der Waals surface area contributed by atoms with Crippen molar-refractivity contribution in [3.63, 3.8) is 0 Å². The number of carboxylic acid groups (broad SMARTS) is 2. The van der Waals surface area contributed by atoms with Gasteiger partial charge in [-0.2, -0.15) is 0 Å². The van der Waals surface area contributed by atoms with Crippen LogP contribution in [0.4, 0.5) is 0 Å². The van der Waals surface area contributed by atoms with Gasteiger partial charge in [-0.1, -0.05) is 30.3 Å². The van der Waals surface area contributed by atoms with Crippen molar-refractivity contribution in [2.24, 2.45) is 0 Å². The topological polar surface area (TPSA) is 142 Å². The number of amides is 2. The first-order chi connectivity index (χ1) is 12.8. The molecule has 5 unspecified atom stereocenters. The van der Waals surface area contributed by atoms with Crippen LogP contribution in [0.2, 0.25) is 0 Å². The number of hydrogen-bond acceptors (Lipinski definition) is 6. The summed E-state index contributed by atoms with van der Waals surface area (Å²) in [5.74, 6) is -5.69. The molecule has 27 heavy (non-hydrogen) atoms. The Kier molecular flexibility index (Phi) is 5.10. The van der Waals surface area contributed by atoms with Gasteiger partial charge in [0, 0.05) is 13.5 Å². The third-order valence-electron chi connectivity index (χ3n) is 4.64. The summed E-state index contributed by atoms with van der Waals surface area (Å²) in [5.41, 5.74) is 0.274. The molecular weight excluding hydrogens is 360 g/mol. The lowest BCUT2D eigenvalue weighted by molar-refractivity contribution is -0.262. The Bertz CT molecular complexity index is 767. The van der Waals surface area contributed by atoms with Gasteiger partial charge in [0.15, 0.2) is 12.2 Å². The zero-order valence-electron chi connectivity index (χ0n) is 14.3. The highest BCUT2D eigenvalue weighted by molar-refractivity contribution is 6.05. The second kappa shape index (κ2) is 7.33. The van der Waals surface area contributed by atoms with Gasteiger partial charge in [-0.3, -0.25) is 19.3 Å². The number of carbonyl (C=O) groups excluding carboxylic acids is 2. The van der Waals surface area contributed by atoms with Crippen molar-refractivity contribution in [1.29, 1.82) is 0 Å². The van der Waals surface area contributed by atoms with Crippen LogP contribution < -0.4 is 5.32 Å². The molecule has 0 bridgehead atoms. The number of β-lactam (4-membered cyclic amide) rings is 1. The van der Waals surface area contributed by atoms with Gasteiger partial charge in [-0.15, -0.1) is 0 Å². The molecule has 10 nitrogen and oxygen atoms in total. The molecule has 1 aromatic carbocycles. The van der Waals surface area contributed by atoms with Crippen LogP contribution in [0.5, 0.6) is 0 Å². The molecule has 0 spiro atoms. The van der Waals surface area contributed by atoms with E-state index in [0.717, 1.165) is 4.90 Å². The first kappa shape index (κ1) is 18.8. The fraction of sp³-hybridized carbons (Fsp3) is 0.412. The molecule has 2 aliphatic rings. The summed E-state index contributed by atoms with van der Waals surface area (Å²) in [4.78, 5) is 48.8. The molecule has 0 saturated carbocycles. The standard InChI is InChI=1S/C17H18N2O8/c1-26-10-7-9-12(14(21)19(9)15(27-10)17(24)25)18-13(20)11(16(22)23)8-5-3-2-4-6-8/h2-6,9-12,15H,7H2,1H3,(H,18,20)(H,22,23)(H,24,25). The van der Waals surface area contributed by atoms with Crippen molar-refractivity contribution >= 4 is 23.8 Å². The molecule has 2 fully saturated rings. The molecule has 0 aromatic heterocycles. The molecule has 0 aliphatic carbocycles. The van der Waals surface area contributed by atoms with Gasteiger partial charge in [-0.25, -0.2) is 4.79 Å². The monoisotopic (exact) mass is 378 g/mol. The third-order valence-corrected chi connectivity index (χ3v) is 4.64. The predicted molar refractivity (Wildman–Crippen MR) is 87.3 cm³/mol. The molecule has 1 aromatic rings. The summed E-state index contributed by atoms with van der Waals surface area (Å²) in [6.07, 6.45) is -2.22. The maximum atomic E-state index is 12.5. The Balaban J connectivity index is 1.77. The highest BCUT2D eigenvalue weighted by atomic mass is 16.7. The number of benzene rings is 1. The van der Waals surface area contributed by atoms with Crippen molar-refractivity contribution in [1.82, 2.24) is 10.2 Å². The van der Waals surface area contributed by atoms with Crippen molar-refractivity contribution in [3.8, 4) is 0 Å². The summed E-state index contributed by atoms with van der Waals surface area (Å²) in [6, 6.07) is 6.21. The maximum absolute atomic E-state index is 12.5. The molecule has 5 atom stereocenters. The van der Waals surface area contributed by atoms with Crippen molar-refractivity contribution in [2.45, 2.75) is 36.9 Å². The fourth-order valence-corrected chi connectivity index (χ4v) is 3.34. The number of nitrogens with one attached hydrogen (secondary N) is 1. The zero-order chi connectivity index (χ0) is 19.7. The van der Waals surface area contributed by atoms with E-state index in [9.17, 15) is 29.4 Å². The van der Waals surface area contributed by atoms with E-state index >= 15 is 0 Å². The lowest BCUT2D eigenvalue weighted by atomic mass is 9.88. The molecule has 10 heteroatoms. The Hall–Kier alpha value is -2.98. The largest absolute Gasteiger partial charge is 0.480 e. The van der Waals surface area contributed by atoms with E-state index in [4.69, 9.17) is 9.47 Å².